The molecule has 0 aromatic heterocycles. The van der Waals surface area contributed by atoms with Crippen LogP contribution in [0.1, 0.15) is 6.42 Å². The van der Waals surface area contributed by atoms with Gasteiger partial charge in [-0.3, -0.25) is 0 Å². The lowest BCUT2D eigenvalue weighted by molar-refractivity contribution is 1.10. The Morgan fingerprint density at radius 3 is 2.85 bits per heavy atom. The summed E-state index contributed by atoms with van der Waals surface area (Å²) < 4.78 is 0. The van der Waals surface area contributed by atoms with Gasteiger partial charge in [0.1, 0.15) is 0 Å². The summed E-state index contributed by atoms with van der Waals surface area (Å²) in [5, 5.41) is 4.41. The van der Waals surface area contributed by atoms with Crippen molar-refractivity contribution in [2.75, 3.05) is 11.9 Å². The van der Waals surface area contributed by atoms with Crippen LogP contribution < -0.4 is 5.32 Å². The van der Waals surface area contributed by atoms with Gasteiger partial charge in [-0.1, -0.05) is 23.2 Å². The van der Waals surface area contributed by atoms with Gasteiger partial charge in [-0.15, -0.1) is 12.3 Å². The second-order valence-electron chi connectivity index (χ2n) is 2.51. The molecule has 0 bridgehead atoms. The Morgan fingerprint density at radius 1 is 1.38 bits per heavy atom. The highest BCUT2D eigenvalue weighted by Gasteiger charge is 1.98. The lowest BCUT2D eigenvalue weighted by atomic mass is 10.3. The number of anilines is 1. The van der Waals surface area contributed by atoms with Crippen molar-refractivity contribution in [1.82, 2.24) is 0 Å². The van der Waals surface area contributed by atoms with Crippen LogP contribution in [0.5, 0.6) is 0 Å². The van der Waals surface area contributed by atoms with E-state index in [1.165, 1.54) is 0 Å². The van der Waals surface area contributed by atoms with E-state index < -0.39 is 0 Å². The smallest absolute Gasteiger partial charge is 0.0638 e. The van der Waals surface area contributed by atoms with Crippen LogP contribution in [0, 0.1) is 12.3 Å². The fourth-order valence-corrected chi connectivity index (χ4v) is 1.26. The van der Waals surface area contributed by atoms with E-state index in [1.54, 1.807) is 18.2 Å². The van der Waals surface area contributed by atoms with Gasteiger partial charge in [-0.2, -0.15) is 0 Å². The van der Waals surface area contributed by atoms with Crippen LogP contribution >= 0.6 is 23.2 Å². The van der Waals surface area contributed by atoms with Crippen molar-refractivity contribution in [2.24, 2.45) is 0 Å². The molecule has 1 nitrogen and oxygen atoms in total. The molecule has 0 fully saturated rings. The summed E-state index contributed by atoms with van der Waals surface area (Å²) in [6.45, 7) is 0.705. The molecule has 0 aliphatic carbocycles. The molecule has 0 spiro atoms. The summed E-state index contributed by atoms with van der Waals surface area (Å²) in [6, 6.07) is 5.28. The molecule has 0 saturated carbocycles. The standard InChI is InChI=1S/C10H9Cl2N/c1-2-3-6-13-10-7-8(11)4-5-9(10)12/h1,4-5,7,13H,3,6H2. The first-order valence-corrected chi connectivity index (χ1v) is 4.62. The van der Waals surface area contributed by atoms with Gasteiger partial charge >= 0.3 is 0 Å². The molecule has 68 valence electrons. The first-order valence-electron chi connectivity index (χ1n) is 3.86. The van der Waals surface area contributed by atoms with Gasteiger partial charge in [0.25, 0.3) is 0 Å². The van der Waals surface area contributed by atoms with Crippen molar-refractivity contribution < 1.29 is 0 Å². The van der Waals surface area contributed by atoms with E-state index in [4.69, 9.17) is 29.6 Å². The van der Waals surface area contributed by atoms with Gasteiger partial charge < -0.3 is 5.32 Å². The van der Waals surface area contributed by atoms with E-state index in [0.717, 1.165) is 5.69 Å². The molecule has 0 aliphatic rings. The lowest BCUT2D eigenvalue weighted by Gasteiger charge is -2.06. The molecule has 0 heterocycles. The van der Waals surface area contributed by atoms with Crippen LogP contribution in [0.25, 0.3) is 0 Å². The number of halogens is 2. The summed E-state index contributed by atoms with van der Waals surface area (Å²) in [5.41, 5.74) is 0.824. The molecular weight excluding hydrogens is 205 g/mol. The highest BCUT2D eigenvalue weighted by molar-refractivity contribution is 6.35. The number of terminal acetylenes is 1. The van der Waals surface area contributed by atoms with Gasteiger partial charge in [-0.05, 0) is 18.2 Å². The second-order valence-corrected chi connectivity index (χ2v) is 3.35. The minimum atomic E-state index is 0.654. The molecule has 0 unspecified atom stereocenters. The third-order valence-electron chi connectivity index (χ3n) is 1.51. The second kappa shape index (κ2) is 5.01. The van der Waals surface area contributed by atoms with Crippen molar-refractivity contribution in [2.45, 2.75) is 6.42 Å². The van der Waals surface area contributed by atoms with Crippen LogP contribution in [0.15, 0.2) is 18.2 Å². The molecular formula is C10H9Cl2N. The topological polar surface area (TPSA) is 12.0 Å². The third-order valence-corrected chi connectivity index (χ3v) is 2.08. The maximum atomic E-state index is 5.90. The number of nitrogens with one attached hydrogen (secondary N) is 1. The van der Waals surface area contributed by atoms with Crippen LogP contribution in [0.4, 0.5) is 5.69 Å². The number of rotatable bonds is 3. The van der Waals surface area contributed by atoms with E-state index >= 15 is 0 Å². The normalized spacial score (nSPS) is 9.31. The zero-order valence-corrected chi connectivity index (χ0v) is 8.49. The zero-order chi connectivity index (χ0) is 9.68. The summed E-state index contributed by atoms with van der Waals surface area (Å²) in [4.78, 5) is 0. The molecule has 3 heteroatoms. The van der Waals surface area contributed by atoms with Crippen molar-refractivity contribution in [3.63, 3.8) is 0 Å². The summed E-state index contributed by atoms with van der Waals surface area (Å²) in [7, 11) is 0. The van der Waals surface area contributed by atoms with E-state index in [0.29, 0.717) is 23.0 Å². The minimum Gasteiger partial charge on any atom is -0.383 e. The summed E-state index contributed by atoms with van der Waals surface area (Å²) in [6.07, 6.45) is 5.78. The summed E-state index contributed by atoms with van der Waals surface area (Å²) in [5.74, 6) is 2.53. The minimum absolute atomic E-state index is 0.654. The fraction of sp³-hybridized carbons (Fsp3) is 0.200. The first-order chi connectivity index (χ1) is 6.24. The average molecular weight is 214 g/mol. The predicted octanol–water partition coefficient (Wildman–Crippen LogP) is 3.43. The van der Waals surface area contributed by atoms with Gasteiger partial charge in [0, 0.05) is 18.0 Å². The average Bonchev–Trinajstić information content (AvgIpc) is 2.11. The lowest BCUT2D eigenvalue weighted by Crippen LogP contribution is -2.00. The van der Waals surface area contributed by atoms with Crippen molar-refractivity contribution in [3.05, 3.63) is 28.2 Å². The number of benzene rings is 1. The maximum absolute atomic E-state index is 5.90. The molecule has 13 heavy (non-hydrogen) atoms. The van der Waals surface area contributed by atoms with Crippen LogP contribution in [0.2, 0.25) is 10.0 Å². The Labute approximate surface area is 88.0 Å². The third kappa shape index (κ3) is 3.18. The molecule has 0 saturated heterocycles. The van der Waals surface area contributed by atoms with Crippen molar-refractivity contribution in [3.8, 4) is 12.3 Å². The Morgan fingerprint density at radius 2 is 2.15 bits per heavy atom. The van der Waals surface area contributed by atoms with E-state index in [-0.39, 0.29) is 0 Å². The van der Waals surface area contributed by atoms with Crippen LogP contribution in [-0.4, -0.2) is 6.54 Å². The molecule has 0 atom stereocenters. The van der Waals surface area contributed by atoms with E-state index in [2.05, 4.69) is 11.2 Å². The largest absolute Gasteiger partial charge is 0.383 e. The van der Waals surface area contributed by atoms with E-state index in [9.17, 15) is 0 Å². The zero-order valence-electron chi connectivity index (χ0n) is 6.98. The molecule has 1 N–H and O–H groups in total. The van der Waals surface area contributed by atoms with Crippen molar-refractivity contribution in [1.29, 1.82) is 0 Å². The van der Waals surface area contributed by atoms with Crippen LogP contribution in [0.3, 0.4) is 0 Å². The highest BCUT2D eigenvalue weighted by Crippen LogP contribution is 2.25. The predicted molar refractivity (Wildman–Crippen MR) is 58.4 cm³/mol. The Balaban J connectivity index is 2.65. The fourth-order valence-electron chi connectivity index (χ4n) is 0.902. The van der Waals surface area contributed by atoms with E-state index in [1.807, 2.05) is 0 Å². The quantitative estimate of drug-likeness (QED) is 0.600. The van der Waals surface area contributed by atoms with Gasteiger partial charge in [-0.25, -0.2) is 0 Å². The Kier molecular flexibility index (Phi) is 3.95. The Hall–Kier alpha value is -0.840. The molecule has 1 aromatic rings. The number of hydrogen-bond donors (Lipinski definition) is 1. The maximum Gasteiger partial charge on any atom is 0.0638 e. The van der Waals surface area contributed by atoms with Crippen molar-refractivity contribution >= 4 is 28.9 Å². The van der Waals surface area contributed by atoms with Gasteiger partial charge in [0.15, 0.2) is 0 Å². The summed E-state index contributed by atoms with van der Waals surface area (Å²) >= 11 is 11.7. The highest BCUT2D eigenvalue weighted by atomic mass is 35.5. The monoisotopic (exact) mass is 213 g/mol. The number of hydrogen-bond acceptors (Lipinski definition) is 1. The molecule has 1 aromatic carbocycles. The molecule has 0 radical (unpaired) electrons. The van der Waals surface area contributed by atoms with Gasteiger partial charge in [0.05, 0.1) is 10.7 Å². The first kappa shape index (κ1) is 10.2. The SMILES string of the molecule is C#CCCNc1cc(Cl)ccc1Cl. The Bertz CT molecular complexity index is 328. The molecule has 0 amide bonds. The van der Waals surface area contributed by atoms with Gasteiger partial charge in [0.2, 0.25) is 0 Å². The molecule has 0 aliphatic heterocycles. The molecule has 1 rings (SSSR count). The van der Waals surface area contributed by atoms with Crippen LogP contribution in [-0.2, 0) is 0 Å².